The van der Waals surface area contributed by atoms with Gasteiger partial charge in [-0.15, -0.1) is 0 Å². The maximum atomic E-state index is 14.2. The Bertz CT molecular complexity index is 944. The lowest BCUT2D eigenvalue weighted by Gasteiger charge is -2.18. The van der Waals surface area contributed by atoms with E-state index in [2.05, 4.69) is 15.3 Å². The van der Waals surface area contributed by atoms with Crippen LogP contribution in [0.3, 0.4) is 0 Å². The molecule has 0 saturated carbocycles. The number of hydrogen-bond acceptors (Lipinski definition) is 4. The Morgan fingerprint density at radius 3 is 2.67 bits per heavy atom. The molecule has 1 aliphatic rings. The number of aliphatic hydroxyl groups is 1. The second-order valence-corrected chi connectivity index (χ2v) is 5.80. The summed E-state index contributed by atoms with van der Waals surface area (Å²) in [6.45, 7) is 0. The van der Waals surface area contributed by atoms with Crippen LogP contribution in [0.15, 0.2) is 48.8 Å². The molecule has 1 heterocycles. The predicted molar refractivity (Wildman–Crippen MR) is 85.9 cm³/mol. The van der Waals surface area contributed by atoms with Gasteiger partial charge < -0.3 is 10.4 Å². The smallest absolute Gasteiger partial charge is 0.254 e. The minimum Gasteiger partial charge on any atom is -0.390 e. The van der Waals surface area contributed by atoms with Gasteiger partial charge in [0.1, 0.15) is 5.82 Å². The molecule has 5 nitrogen and oxygen atoms in total. The van der Waals surface area contributed by atoms with Crippen molar-refractivity contribution in [3.63, 3.8) is 0 Å². The third-order valence-electron chi connectivity index (χ3n) is 4.29. The van der Waals surface area contributed by atoms with Gasteiger partial charge in [-0.2, -0.15) is 0 Å². The van der Waals surface area contributed by atoms with Gasteiger partial charge in [-0.3, -0.25) is 14.8 Å². The molecule has 1 aliphatic carbocycles. The molecule has 2 N–H and O–H groups in total. The Hall–Kier alpha value is -2.86. The van der Waals surface area contributed by atoms with Crippen molar-refractivity contribution < 1.29 is 14.3 Å². The molecule has 120 valence electrons. The molecule has 3 aromatic rings. The highest BCUT2D eigenvalue weighted by Crippen LogP contribution is 2.31. The van der Waals surface area contributed by atoms with Gasteiger partial charge in [0.15, 0.2) is 0 Å². The fourth-order valence-electron chi connectivity index (χ4n) is 3.13. The number of aromatic nitrogens is 2. The van der Waals surface area contributed by atoms with E-state index in [-0.39, 0.29) is 5.56 Å². The van der Waals surface area contributed by atoms with Crippen molar-refractivity contribution in [3.05, 3.63) is 71.3 Å². The predicted octanol–water partition coefficient (Wildman–Crippen LogP) is 2.16. The summed E-state index contributed by atoms with van der Waals surface area (Å²) >= 11 is 0. The van der Waals surface area contributed by atoms with Crippen LogP contribution >= 0.6 is 0 Å². The summed E-state index contributed by atoms with van der Waals surface area (Å²) in [6, 6.07) is 9.52. The summed E-state index contributed by atoms with van der Waals surface area (Å²) in [6.07, 6.45) is 2.69. The first-order chi connectivity index (χ1) is 11.6. The average molecular weight is 323 g/mol. The number of hydrogen-bond donors (Lipinski definition) is 2. The number of halogens is 1. The van der Waals surface area contributed by atoms with Crippen LogP contribution in [0, 0.1) is 5.82 Å². The number of aliphatic hydroxyl groups excluding tert-OH is 1. The number of carbonyl (C=O) groups is 1. The molecule has 0 radical (unpaired) electrons. The Morgan fingerprint density at radius 2 is 1.88 bits per heavy atom. The lowest BCUT2D eigenvalue weighted by molar-refractivity contribution is 0.0854. The molecule has 0 fully saturated rings. The number of fused-ring (bicyclic) bond motifs is 2. The van der Waals surface area contributed by atoms with Gasteiger partial charge in [-0.05, 0) is 17.2 Å². The minimum atomic E-state index is -0.727. The fraction of sp³-hybridized carbons (Fsp3) is 0.167. The molecular weight excluding hydrogens is 309 g/mol. The van der Waals surface area contributed by atoms with Crippen molar-refractivity contribution in [1.29, 1.82) is 0 Å². The summed E-state index contributed by atoms with van der Waals surface area (Å²) in [5, 5.41) is 12.9. The summed E-state index contributed by atoms with van der Waals surface area (Å²) in [7, 11) is 0. The zero-order chi connectivity index (χ0) is 16.7. The third-order valence-corrected chi connectivity index (χ3v) is 4.29. The number of carbonyl (C=O) groups excluding carboxylic acids is 1. The van der Waals surface area contributed by atoms with E-state index in [9.17, 15) is 14.3 Å². The van der Waals surface area contributed by atoms with E-state index in [1.54, 1.807) is 0 Å². The summed E-state index contributed by atoms with van der Waals surface area (Å²) < 4.78 is 14.2. The monoisotopic (exact) mass is 323 g/mol. The van der Waals surface area contributed by atoms with E-state index < -0.39 is 23.9 Å². The van der Waals surface area contributed by atoms with Gasteiger partial charge in [0, 0.05) is 24.9 Å². The average Bonchev–Trinajstić information content (AvgIpc) is 2.90. The normalized spacial score (nSPS) is 19.2. The first kappa shape index (κ1) is 14.7. The Morgan fingerprint density at radius 1 is 1.17 bits per heavy atom. The molecule has 0 spiro atoms. The van der Waals surface area contributed by atoms with Crippen LogP contribution in [0.4, 0.5) is 4.39 Å². The summed E-state index contributed by atoms with van der Waals surface area (Å²) in [5.74, 6) is -1.25. The molecule has 6 heteroatoms. The Kier molecular flexibility index (Phi) is 3.46. The van der Waals surface area contributed by atoms with E-state index in [0.717, 1.165) is 11.1 Å². The molecule has 4 rings (SSSR count). The van der Waals surface area contributed by atoms with E-state index in [1.807, 2.05) is 24.3 Å². The molecule has 0 saturated heterocycles. The number of amides is 1. The third kappa shape index (κ3) is 2.41. The summed E-state index contributed by atoms with van der Waals surface area (Å²) in [4.78, 5) is 20.6. The number of nitrogens with zero attached hydrogens (tertiary/aromatic N) is 2. The zero-order valence-electron chi connectivity index (χ0n) is 12.6. The van der Waals surface area contributed by atoms with Gasteiger partial charge in [0.25, 0.3) is 5.91 Å². The highest BCUT2D eigenvalue weighted by molar-refractivity contribution is 5.97. The molecule has 2 aromatic carbocycles. The maximum absolute atomic E-state index is 14.2. The Labute approximate surface area is 137 Å². The van der Waals surface area contributed by atoms with Crippen LogP contribution in [-0.2, 0) is 6.42 Å². The fourth-order valence-corrected chi connectivity index (χ4v) is 3.13. The van der Waals surface area contributed by atoms with Crippen molar-refractivity contribution in [3.8, 4) is 0 Å². The van der Waals surface area contributed by atoms with E-state index in [4.69, 9.17) is 0 Å². The van der Waals surface area contributed by atoms with Crippen LogP contribution in [0.5, 0.6) is 0 Å². The first-order valence-corrected chi connectivity index (χ1v) is 7.60. The standard InChI is InChI=1S/C18H14FN3O2/c19-13-9-15-14(20-5-6-21-15)8-12(13)18(24)22-17-11-4-2-1-3-10(11)7-16(17)23/h1-6,8-9,16-17,23H,7H2,(H,22,24)/t16-,17+/m1/s1. The topological polar surface area (TPSA) is 75.1 Å². The van der Waals surface area contributed by atoms with Crippen LogP contribution in [0.25, 0.3) is 11.0 Å². The van der Waals surface area contributed by atoms with E-state index in [0.29, 0.717) is 17.5 Å². The molecule has 0 unspecified atom stereocenters. The van der Waals surface area contributed by atoms with Gasteiger partial charge in [0.05, 0.1) is 28.7 Å². The van der Waals surface area contributed by atoms with Gasteiger partial charge in [-0.25, -0.2) is 4.39 Å². The first-order valence-electron chi connectivity index (χ1n) is 7.60. The zero-order valence-corrected chi connectivity index (χ0v) is 12.6. The summed E-state index contributed by atoms with van der Waals surface area (Å²) in [5.41, 5.74) is 2.56. The highest BCUT2D eigenvalue weighted by atomic mass is 19.1. The van der Waals surface area contributed by atoms with Gasteiger partial charge >= 0.3 is 0 Å². The molecular formula is C18H14FN3O2. The quantitative estimate of drug-likeness (QED) is 0.758. The molecule has 1 amide bonds. The van der Waals surface area contributed by atoms with Crippen molar-refractivity contribution in [2.24, 2.45) is 0 Å². The number of nitrogens with one attached hydrogen (secondary N) is 1. The van der Waals surface area contributed by atoms with Crippen LogP contribution < -0.4 is 5.32 Å². The molecule has 2 atom stereocenters. The molecule has 1 aromatic heterocycles. The molecule has 24 heavy (non-hydrogen) atoms. The van der Waals surface area contributed by atoms with Crippen molar-refractivity contribution in [2.75, 3.05) is 0 Å². The lowest BCUT2D eigenvalue weighted by atomic mass is 10.1. The van der Waals surface area contributed by atoms with Crippen LogP contribution in [0.2, 0.25) is 0 Å². The van der Waals surface area contributed by atoms with Crippen molar-refractivity contribution in [2.45, 2.75) is 18.6 Å². The highest BCUT2D eigenvalue weighted by Gasteiger charge is 2.32. The van der Waals surface area contributed by atoms with Crippen LogP contribution in [-0.4, -0.2) is 27.1 Å². The van der Waals surface area contributed by atoms with E-state index in [1.165, 1.54) is 24.5 Å². The van der Waals surface area contributed by atoms with Gasteiger partial charge in [-0.1, -0.05) is 24.3 Å². The SMILES string of the molecule is O=C(N[C@H]1c2ccccc2C[C@H]1O)c1cc2nccnc2cc1F. The van der Waals surface area contributed by atoms with Crippen LogP contribution in [0.1, 0.15) is 27.5 Å². The maximum Gasteiger partial charge on any atom is 0.254 e. The van der Waals surface area contributed by atoms with E-state index >= 15 is 0 Å². The second kappa shape index (κ2) is 5.65. The largest absolute Gasteiger partial charge is 0.390 e. The van der Waals surface area contributed by atoms with Gasteiger partial charge in [0.2, 0.25) is 0 Å². The molecule has 0 aliphatic heterocycles. The lowest BCUT2D eigenvalue weighted by Crippen LogP contribution is -2.34. The Balaban J connectivity index is 1.66. The van der Waals surface area contributed by atoms with Crippen molar-refractivity contribution in [1.82, 2.24) is 15.3 Å². The minimum absolute atomic E-state index is 0.111. The number of benzene rings is 2. The van der Waals surface area contributed by atoms with Crippen molar-refractivity contribution >= 4 is 16.9 Å². The number of rotatable bonds is 2. The molecule has 0 bridgehead atoms. The second-order valence-electron chi connectivity index (χ2n) is 5.80.